The highest BCUT2D eigenvalue weighted by atomic mass is 16.5. The standard InChI is InChI=1S/C17H17N3O3/c18-12-13-5-3-6-14(11-13)23-10-2-1-8-16(22)20-17-15(21)7-4-9-19-17/h3-7,9,11,21H,1-2,8,10H2,(H,19,20,22). The molecule has 1 aromatic heterocycles. The highest BCUT2D eigenvalue weighted by Crippen LogP contribution is 2.18. The van der Waals surface area contributed by atoms with Gasteiger partial charge in [0.15, 0.2) is 11.6 Å². The number of aromatic nitrogens is 1. The zero-order chi connectivity index (χ0) is 16.5. The first-order valence-electron chi connectivity index (χ1n) is 7.26. The summed E-state index contributed by atoms with van der Waals surface area (Å²) in [6.07, 6.45) is 3.17. The number of carbonyl (C=O) groups excluding carboxylic acids is 1. The second-order valence-electron chi connectivity index (χ2n) is 4.86. The second-order valence-corrected chi connectivity index (χ2v) is 4.86. The van der Waals surface area contributed by atoms with Gasteiger partial charge in [0.25, 0.3) is 0 Å². The molecule has 2 aromatic rings. The predicted octanol–water partition coefficient (Wildman–Crippen LogP) is 2.85. The van der Waals surface area contributed by atoms with Gasteiger partial charge in [0, 0.05) is 12.6 Å². The Balaban J connectivity index is 1.66. The summed E-state index contributed by atoms with van der Waals surface area (Å²) in [7, 11) is 0. The number of ether oxygens (including phenoxy) is 1. The van der Waals surface area contributed by atoms with Crippen LogP contribution in [0.15, 0.2) is 42.6 Å². The van der Waals surface area contributed by atoms with Gasteiger partial charge in [0.1, 0.15) is 5.75 Å². The monoisotopic (exact) mass is 311 g/mol. The van der Waals surface area contributed by atoms with Crippen LogP contribution in [0.25, 0.3) is 0 Å². The van der Waals surface area contributed by atoms with Gasteiger partial charge in [0.05, 0.1) is 18.2 Å². The van der Waals surface area contributed by atoms with Crippen LogP contribution in [0.3, 0.4) is 0 Å². The van der Waals surface area contributed by atoms with Gasteiger partial charge in [-0.2, -0.15) is 5.26 Å². The summed E-state index contributed by atoms with van der Waals surface area (Å²) in [5.74, 6) is 0.556. The number of nitrogens with one attached hydrogen (secondary N) is 1. The number of anilines is 1. The molecule has 6 nitrogen and oxygen atoms in total. The molecule has 118 valence electrons. The Kier molecular flexibility index (Phi) is 5.95. The SMILES string of the molecule is N#Cc1cccc(OCCCCC(=O)Nc2ncccc2O)c1. The van der Waals surface area contributed by atoms with Crippen molar-refractivity contribution in [2.75, 3.05) is 11.9 Å². The number of rotatable bonds is 7. The third kappa shape index (κ3) is 5.32. The fraction of sp³-hybridized carbons (Fsp3) is 0.235. The Bertz CT molecular complexity index is 710. The van der Waals surface area contributed by atoms with Crippen LogP contribution in [0, 0.1) is 11.3 Å². The summed E-state index contributed by atoms with van der Waals surface area (Å²) in [6, 6.07) is 12.0. The first-order chi connectivity index (χ1) is 11.2. The lowest BCUT2D eigenvalue weighted by molar-refractivity contribution is -0.116. The van der Waals surface area contributed by atoms with Crippen molar-refractivity contribution in [1.82, 2.24) is 4.98 Å². The van der Waals surface area contributed by atoms with Crippen LogP contribution in [-0.2, 0) is 4.79 Å². The van der Waals surface area contributed by atoms with Crippen LogP contribution in [0.4, 0.5) is 5.82 Å². The van der Waals surface area contributed by atoms with E-state index in [0.717, 1.165) is 0 Å². The minimum absolute atomic E-state index is 0.0541. The number of benzene rings is 1. The molecular formula is C17H17N3O3. The molecule has 0 spiro atoms. The molecule has 0 radical (unpaired) electrons. The Morgan fingerprint density at radius 1 is 1.30 bits per heavy atom. The van der Waals surface area contributed by atoms with E-state index in [1.165, 1.54) is 12.3 Å². The van der Waals surface area contributed by atoms with Crippen molar-refractivity contribution in [3.8, 4) is 17.6 Å². The third-order valence-electron chi connectivity index (χ3n) is 3.07. The molecule has 23 heavy (non-hydrogen) atoms. The highest BCUT2D eigenvalue weighted by Gasteiger charge is 2.06. The maximum atomic E-state index is 11.7. The smallest absolute Gasteiger partial charge is 0.225 e. The normalized spacial score (nSPS) is 9.87. The maximum absolute atomic E-state index is 11.7. The van der Waals surface area contributed by atoms with Gasteiger partial charge in [-0.3, -0.25) is 4.79 Å². The number of amides is 1. The molecule has 0 aliphatic heterocycles. The zero-order valence-electron chi connectivity index (χ0n) is 12.5. The van der Waals surface area contributed by atoms with Gasteiger partial charge in [-0.25, -0.2) is 4.98 Å². The minimum atomic E-state index is -0.203. The summed E-state index contributed by atoms with van der Waals surface area (Å²) in [4.78, 5) is 15.6. The number of carbonyl (C=O) groups is 1. The highest BCUT2D eigenvalue weighted by molar-refractivity contribution is 5.90. The molecule has 1 amide bonds. The lowest BCUT2D eigenvalue weighted by Gasteiger charge is -2.07. The average Bonchev–Trinajstić information content (AvgIpc) is 2.57. The molecule has 1 heterocycles. The number of hydrogen-bond donors (Lipinski definition) is 2. The van der Waals surface area contributed by atoms with Crippen molar-refractivity contribution < 1.29 is 14.6 Å². The maximum Gasteiger partial charge on any atom is 0.225 e. The Hall–Kier alpha value is -3.07. The molecular weight excluding hydrogens is 294 g/mol. The Morgan fingerprint density at radius 3 is 2.96 bits per heavy atom. The zero-order valence-corrected chi connectivity index (χ0v) is 12.5. The van der Waals surface area contributed by atoms with Crippen LogP contribution < -0.4 is 10.1 Å². The van der Waals surface area contributed by atoms with Crippen LogP contribution in [-0.4, -0.2) is 22.6 Å². The Morgan fingerprint density at radius 2 is 2.17 bits per heavy atom. The van der Waals surface area contributed by atoms with Gasteiger partial charge in [-0.15, -0.1) is 0 Å². The summed E-state index contributed by atoms with van der Waals surface area (Å²) >= 11 is 0. The van der Waals surface area contributed by atoms with E-state index in [1.54, 1.807) is 30.3 Å². The van der Waals surface area contributed by atoms with Crippen molar-refractivity contribution in [1.29, 1.82) is 5.26 Å². The third-order valence-corrected chi connectivity index (χ3v) is 3.07. The molecule has 6 heteroatoms. The van der Waals surface area contributed by atoms with Gasteiger partial charge >= 0.3 is 0 Å². The van der Waals surface area contributed by atoms with E-state index in [4.69, 9.17) is 10.00 Å². The van der Waals surface area contributed by atoms with Crippen molar-refractivity contribution >= 4 is 11.7 Å². The van der Waals surface area contributed by atoms with Gasteiger partial charge in [-0.05, 0) is 43.2 Å². The summed E-state index contributed by atoms with van der Waals surface area (Å²) in [5, 5.41) is 20.9. The second kappa shape index (κ2) is 8.39. The fourth-order valence-electron chi connectivity index (χ4n) is 1.92. The van der Waals surface area contributed by atoms with E-state index in [2.05, 4.69) is 16.4 Å². The average molecular weight is 311 g/mol. The van der Waals surface area contributed by atoms with Crippen molar-refractivity contribution in [2.24, 2.45) is 0 Å². The molecule has 0 unspecified atom stereocenters. The molecule has 1 aromatic carbocycles. The quantitative estimate of drug-likeness (QED) is 0.767. The molecule has 0 fully saturated rings. The summed E-state index contributed by atoms with van der Waals surface area (Å²) in [6.45, 7) is 0.469. The minimum Gasteiger partial charge on any atom is -0.504 e. The van der Waals surface area contributed by atoms with Crippen LogP contribution in [0.2, 0.25) is 0 Å². The Labute approximate surface area is 134 Å². The van der Waals surface area contributed by atoms with Gasteiger partial charge < -0.3 is 15.2 Å². The fourth-order valence-corrected chi connectivity index (χ4v) is 1.92. The number of unbranched alkanes of at least 4 members (excludes halogenated alkanes) is 1. The summed E-state index contributed by atoms with van der Waals surface area (Å²) in [5.41, 5.74) is 0.553. The summed E-state index contributed by atoms with van der Waals surface area (Å²) < 4.78 is 5.53. The van der Waals surface area contributed by atoms with E-state index < -0.39 is 0 Å². The molecule has 0 aliphatic rings. The molecule has 0 atom stereocenters. The van der Waals surface area contributed by atoms with Crippen LogP contribution in [0.5, 0.6) is 11.5 Å². The van der Waals surface area contributed by atoms with Gasteiger partial charge in [0.2, 0.25) is 5.91 Å². The van der Waals surface area contributed by atoms with Crippen LogP contribution >= 0.6 is 0 Å². The van der Waals surface area contributed by atoms with E-state index in [1.807, 2.05) is 0 Å². The lowest BCUT2D eigenvalue weighted by atomic mass is 10.2. The predicted molar refractivity (Wildman–Crippen MR) is 85.0 cm³/mol. The molecule has 2 N–H and O–H groups in total. The van der Waals surface area contributed by atoms with E-state index >= 15 is 0 Å². The van der Waals surface area contributed by atoms with E-state index in [-0.39, 0.29) is 17.5 Å². The molecule has 0 aliphatic carbocycles. The van der Waals surface area contributed by atoms with E-state index in [9.17, 15) is 9.90 Å². The molecule has 0 saturated heterocycles. The van der Waals surface area contributed by atoms with E-state index in [0.29, 0.717) is 37.2 Å². The first kappa shape index (κ1) is 16.3. The first-order valence-corrected chi connectivity index (χ1v) is 7.26. The van der Waals surface area contributed by atoms with Crippen molar-refractivity contribution in [3.63, 3.8) is 0 Å². The molecule has 0 saturated carbocycles. The lowest BCUT2D eigenvalue weighted by Crippen LogP contribution is -2.12. The topological polar surface area (TPSA) is 95.2 Å². The molecule has 0 bridgehead atoms. The number of nitriles is 1. The number of nitrogens with zero attached hydrogens (tertiary/aromatic N) is 2. The van der Waals surface area contributed by atoms with Crippen molar-refractivity contribution in [3.05, 3.63) is 48.2 Å². The largest absolute Gasteiger partial charge is 0.504 e. The number of aromatic hydroxyl groups is 1. The van der Waals surface area contributed by atoms with Crippen molar-refractivity contribution in [2.45, 2.75) is 19.3 Å². The van der Waals surface area contributed by atoms with Crippen LogP contribution in [0.1, 0.15) is 24.8 Å². The van der Waals surface area contributed by atoms with Gasteiger partial charge in [-0.1, -0.05) is 6.07 Å². The number of pyridine rings is 1. The number of hydrogen-bond acceptors (Lipinski definition) is 5. The molecule has 2 rings (SSSR count).